The molecule has 7 nitrogen and oxygen atoms in total. The van der Waals surface area contributed by atoms with E-state index in [1.165, 1.54) is 12.0 Å². The first-order valence-electron chi connectivity index (χ1n) is 9.61. The molecule has 7 heteroatoms. The third-order valence-electron chi connectivity index (χ3n) is 3.98. The summed E-state index contributed by atoms with van der Waals surface area (Å²) in [5, 5.41) is 9.81. The van der Waals surface area contributed by atoms with Crippen molar-refractivity contribution in [3.05, 3.63) is 29.8 Å². The van der Waals surface area contributed by atoms with Crippen LogP contribution in [0.3, 0.4) is 0 Å². The fourth-order valence-electron chi connectivity index (χ4n) is 2.61. The molecule has 0 bridgehead atoms. The first-order valence-corrected chi connectivity index (χ1v) is 9.61. The molecule has 0 aromatic heterocycles. The number of carbonyl (C=O) groups excluding carboxylic acids is 2. The van der Waals surface area contributed by atoms with Crippen molar-refractivity contribution < 1.29 is 28.9 Å². The number of phenolic OH excluding ortho intramolecular Hbond substituents is 1. The van der Waals surface area contributed by atoms with Crippen LogP contribution in [0.1, 0.15) is 52.5 Å². The summed E-state index contributed by atoms with van der Waals surface area (Å²) in [6.45, 7) is 7.34. The van der Waals surface area contributed by atoms with Crippen LogP contribution in [0.25, 0.3) is 0 Å². The lowest BCUT2D eigenvalue weighted by molar-refractivity contribution is -0.152. The van der Waals surface area contributed by atoms with Gasteiger partial charge in [-0.1, -0.05) is 38.0 Å². The highest BCUT2D eigenvalue weighted by molar-refractivity contribution is 5.81. The monoisotopic (exact) mass is 395 g/mol. The van der Waals surface area contributed by atoms with Crippen LogP contribution in [0.15, 0.2) is 24.3 Å². The average Bonchev–Trinajstić information content (AvgIpc) is 2.61. The maximum Gasteiger partial charge on any atom is 0.412 e. The minimum atomic E-state index is -0.792. The summed E-state index contributed by atoms with van der Waals surface area (Å²) < 4.78 is 16.0. The van der Waals surface area contributed by atoms with E-state index in [2.05, 4.69) is 0 Å². The van der Waals surface area contributed by atoms with E-state index >= 15 is 0 Å². The van der Waals surface area contributed by atoms with Crippen LogP contribution >= 0.6 is 0 Å². The topological polar surface area (TPSA) is 85.3 Å². The largest absolute Gasteiger partial charge is 0.508 e. The Hall–Kier alpha value is -2.28. The molecule has 1 atom stereocenters. The summed E-state index contributed by atoms with van der Waals surface area (Å²) in [5.41, 5.74) is 0.00827. The van der Waals surface area contributed by atoms with Crippen molar-refractivity contribution in [1.29, 1.82) is 0 Å². The van der Waals surface area contributed by atoms with E-state index in [1.807, 2.05) is 13.0 Å². The van der Waals surface area contributed by atoms with Gasteiger partial charge in [0.25, 0.3) is 0 Å². The molecule has 1 amide bonds. The highest BCUT2D eigenvalue weighted by Crippen LogP contribution is 2.18. The molecule has 0 aliphatic carbocycles. The van der Waals surface area contributed by atoms with E-state index in [0.29, 0.717) is 18.4 Å². The van der Waals surface area contributed by atoms with Crippen LogP contribution in [0.4, 0.5) is 4.79 Å². The van der Waals surface area contributed by atoms with Crippen molar-refractivity contribution in [2.24, 2.45) is 0 Å². The van der Waals surface area contributed by atoms with Crippen LogP contribution in [-0.2, 0) is 25.4 Å². The van der Waals surface area contributed by atoms with Crippen LogP contribution in [0.2, 0.25) is 0 Å². The summed E-state index contributed by atoms with van der Waals surface area (Å²) in [7, 11) is 1.46. The van der Waals surface area contributed by atoms with Crippen molar-refractivity contribution >= 4 is 12.1 Å². The van der Waals surface area contributed by atoms with Gasteiger partial charge in [0.05, 0.1) is 6.61 Å². The van der Waals surface area contributed by atoms with E-state index < -0.39 is 23.7 Å². The SMILES string of the molecule is CCCC[C@@H](C(=O)OCCc1ccccc1O)N(COC)C(=O)OC(C)(C)C. The van der Waals surface area contributed by atoms with Gasteiger partial charge in [-0.15, -0.1) is 0 Å². The van der Waals surface area contributed by atoms with Crippen LogP contribution in [0, 0.1) is 0 Å². The van der Waals surface area contributed by atoms with E-state index in [4.69, 9.17) is 14.2 Å². The predicted molar refractivity (Wildman–Crippen MR) is 106 cm³/mol. The third-order valence-corrected chi connectivity index (χ3v) is 3.98. The van der Waals surface area contributed by atoms with Gasteiger partial charge in [-0.05, 0) is 38.8 Å². The van der Waals surface area contributed by atoms with Crippen LogP contribution in [-0.4, -0.2) is 54.2 Å². The first kappa shape index (κ1) is 23.8. The quantitative estimate of drug-likeness (QED) is 0.478. The Morgan fingerprint density at radius 3 is 2.46 bits per heavy atom. The molecule has 0 fully saturated rings. The number of esters is 1. The van der Waals surface area contributed by atoms with Gasteiger partial charge in [-0.25, -0.2) is 9.59 Å². The highest BCUT2D eigenvalue weighted by Gasteiger charge is 2.33. The van der Waals surface area contributed by atoms with Gasteiger partial charge in [0, 0.05) is 13.5 Å². The molecule has 0 unspecified atom stereocenters. The molecule has 1 N–H and O–H groups in total. The number of hydrogen-bond donors (Lipinski definition) is 1. The lowest BCUT2D eigenvalue weighted by Crippen LogP contribution is -2.48. The number of phenols is 1. The Morgan fingerprint density at radius 1 is 1.21 bits per heavy atom. The summed E-state index contributed by atoms with van der Waals surface area (Å²) in [5.74, 6) is -0.345. The van der Waals surface area contributed by atoms with E-state index in [9.17, 15) is 14.7 Å². The zero-order chi connectivity index (χ0) is 21.2. The second kappa shape index (κ2) is 11.5. The van der Waals surface area contributed by atoms with Gasteiger partial charge < -0.3 is 19.3 Å². The van der Waals surface area contributed by atoms with Crippen molar-refractivity contribution in [2.75, 3.05) is 20.4 Å². The molecular formula is C21H33NO6. The maximum absolute atomic E-state index is 12.7. The molecule has 0 saturated carbocycles. The number of unbranched alkanes of at least 4 members (excludes halogenated alkanes) is 1. The average molecular weight is 395 g/mol. The highest BCUT2D eigenvalue weighted by atomic mass is 16.6. The fourth-order valence-corrected chi connectivity index (χ4v) is 2.61. The lowest BCUT2D eigenvalue weighted by atomic mass is 10.1. The normalized spacial score (nSPS) is 12.3. The number of ether oxygens (including phenoxy) is 3. The number of carbonyl (C=O) groups is 2. The van der Waals surface area contributed by atoms with Crippen LogP contribution < -0.4 is 0 Å². The number of hydrogen-bond acceptors (Lipinski definition) is 6. The third kappa shape index (κ3) is 8.17. The van der Waals surface area contributed by atoms with Gasteiger partial charge in [0.15, 0.2) is 0 Å². The standard InChI is InChI=1S/C21H33NO6/c1-6-7-11-17(22(15-26-5)20(25)28-21(2,3)4)19(24)27-14-13-16-10-8-9-12-18(16)23/h8-10,12,17,23H,6-7,11,13-15H2,1-5H3/t17-/m0/s1. The Bertz CT molecular complexity index is 626. The molecule has 0 heterocycles. The second-order valence-electron chi connectivity index (χ2n) is 7.57. The minimum absolute atomic E-state index is 0.0716. The number of amides is 1. The molecule has 1 aromatic rings. The fraction of sp³-hybridized carbons (Fsp3) is 0.619. The molecule has 1 aromatic carbocycles. The summed E-state index contributed by atoms with van der Waals surface area (Å²) in [6, 6.07) is 6.11. The Balaban J connectivity index is 2.82. The number of methoxy groups -OCH3 is 1. The number of aromatic hydroxyl groups is 1. The lowest BCUT2D eigenvalue weighted by Gasteiger charge is -2.31. The number of para-hydroxylation sites is 1. The minimum Gasteiger partial charge on any atom is -0.508 e. The number of nitrogens with zero attached hydrogens (tertiary/aromatic N) is 1. The molecule has 1 rings (SSSR count). The molecule has 28 heavy (non-hydrogen) atoms. The van der Waals surface area contributed by atoms with E-state index in [-0.39, 0.29) is 19.1 Å². The zero-order valence-electron chi connectivity index (χ0n) is 17.6. The molecule has 0 radical (unpaired) electrons. The summed E-state index contributed by atoms with van der Waals surface area (Å²) in [4.78, 5) is 26.6. The first-order chi connectivity index (χ1) is 13.2. The molecule has 0 spiro atoms. The summed E-state index contributed by atoms with van der Waals surface area (Å²) in [6.07, 6.45) is 1.84. The Kier molecular flexibility index (Phi) is 9.79. The number of rotatable bonds is 10. The van der Waals surface area contributed by atoms with Gasteiger partial charge in [-0.3, -0.25) is 4.90 Å². The van der Waals surface area contributed by atoms with Crippen molar-refractivity contribution in [3.8, 4) is 5.75 Å². The van der Waals surface area contributed by atoms with Crippen molar-refractivity contribution in [3.63, 3.8) is 0 Å². The zero-order valence-corrected chi connectivity index (χ0v) is 17.6. The molecule has 0 saturated heterocycles. The molecule has 0 aliphatic rings. The van der Waals surface area contributed by atoms with E-state index in [0.717, 1.165) is 12.8 Å². The van der Waals surface area contributed by atoms with Gasteiger partial charge in [0.2, 0.25) is 0 Å². The maximum atomic E-state index is 12.7. The van der Waals surface area contributed by atoms with Gasteiger partial charge in [0.1, 0.15) is 24.1 Å². The molecule has 0 aliphatic heterocycles. The van der Waals surface area contributed by atoms with E-state index in [1.54, 1.807) is 39.0 Å². The van der Waals surface area contributed by atoms with Crippen molar-refractivity contribution in [2.45, 2.75) is 65.0 Å². The Morgan fingerprint density at radius 2 is 1.89 bits per heavy atom. The number of benzene rings is 1. The molecular weight excluding hydrogens is 362 g/mol. The Labute approximate surface area is 167 Å². The van der Waals surface area contributed by atoms with Crippen LogP contribution in [0.5, 0.6) is 5.75 Å². The smallest absolute Gasteiger partial charge is 0.412 e. The molecule has 158 valence electrons. The summed E-state index contributed by atoms with van der Waals surface area (Å²) >= 11 is 0. The van der Waals surface area contributed by atoms with Gasteiger partial charge >= 0.3 is 12.1 Å². The van der Waals surface area contributed by atoms with Gasteiger partial charge in [-0.2, -0.15) is 0 Å². The second-order valence-corrected chi connectivity index (χ2v) is 7.57. The predicted octanol–water partition coefficient (Wildman–Crippen LogP) is 3.88. The van der Waals surface area contributed by atoms with Crippen molar-refractivity contribution in [1.82, 2.24) is 4.90 Å².